The van der Waals surface area contributed by atoms with E-state index >= 15 is 0 Å². The first-order chi connectivity index (χ1) is 18.0. The summed E-state index contributed by atoms with van der Waals surface area (Å²) in [4.78, 5) is 28.3. The van der Waals surface area contributed by atoms with E-state index in [0.717, 1.165) is 21.9 Å². The SMILES string of the molecule is CC[C@@H](C)NC(=O)[C@@H](C)N(Cc1ccccc1)C(=O)CN(c1cccc(C)c1)S(=O)(=O)c1ccc(Cl)cc1. The van der Waals surface area contributed by atoms with Gasteiger partial charge in [0.05, 0.1) is 10.6 Å². The van der Waals surface area contributed by atoms with Crippen molar-refractivity contribution in [3.05, 3.63) is 95.0 Å². The van der Waals surface area contributed by atoms with Gasteiger partial charge in [0.15, 0.2) is 0 Å². The van der Waals surface area contributed by atoms with Crippen molar-refractivity contribution in [3.8, 4) is 0 Å². The van der Waals surface area contributed by atoms with E-state index in [4.69, 9.17) is 11.6 Å². The normalized spacial score (nSPS) is 12.9. The molecule has 38 heavy (non-hydrogen) atoms. The second-order valence-corrected chi connectivity index (χ2v) is 11.6. The van der Waals surface area contributed by atoms with Gasteiger partial charge >= 0.3 is 0 Å². The molecule has 0 saturated heterocycles. The first-order valence-corrected chi connectivity index (χ1v) is 14.3. The van der Waals surface area contributed by atoms with Crippen molar-refractivity contribution in [1.82, 2.24) is 10.2 Å². The summed E-state index contributed by atoms with van der Waals surface area (Å²) in [6.07, 6.45) is 0.742. The highest BCUT2D eigenvalue weighted by molar-refractivity contribution is 7.92. The fourth-order valence-electron chi connectivity index (χ4n) is 3.87. The number of sulfonamides is 1. The molecule has 0 unspecified atom stereocenters. The van der Waals surface area contributed by atoms with Crippen LogP contribution in [0.1, 0.15) is 38.3 Å². The maximum absolute atomic E-state index is 13.9. The molecule has 0 aromatic heterocycles. The Morgan fingerprint density at radius 2 is 1.61 bits per heavy atom. The number of nitrogens with one attached hydrogen (secondary N) is 1. The molecule has 2 atom stereocenters. The van der Waals surface area contributed by atoms with Crippen molar-refractivity contribution < 1.29 is 18.0 Å². The van der Waals surface area contributed by atoms with Crippen LogP contribution in [0, 0.1) is 6.92 Å². The third kappa shape index (κ3) is 7.36. The van der Waals surface area contributed by atoms with E-state index in [0.29, 0.717) is 10.7 Å². The molecule has 0 heterocycles. The van der Waals surface area contributed by atoms with E-state index in [1.54, 1.807) is 25.1 Å². The second-order valence-electron chi connectivity index (χ2n) is 9.31. The van der Waals surface area contributed by atoms with E-state index in [-0.39, 0.29) is 23.4 Å². The Kier molecular flexibility index (Phi) is 9.94. The lowest BCUT2D eigenvalue weighted by Gasteiger charge is -2.32. The van der Waals surface area contributed by atoms with Gasteiger partial charge in [-0.3, -0.25) is 13.9 Å². The number of carbonyl (C=O) groups is 2. The first kappa shape index (κ1) is 29.2. The fraction of sp³-hybridized carbons (Fsp3) is 0.310. The van der Waals surface area contributed by atoms with Gasteiger partial charge in [-0.1, -0.05) is 61.0 Å². The van der Waals surface area contributed by atoms with Crippen LogP contribution in [0.2, 0.25) is 5.02 Å². The average molecular weight is 556 g/mol. The van der Waals surface area contributed by atoms with Crippen molar-refractivity contribution in [1.29, 1.82) is 0 Å². The molecule has 202 valence electrons. The van der Waals surface area contributed by atoms with Gasteiger partial charge in [0, 0.05) is 17.6 Å². The van der Waals surface area contributed by atoms with Crippen molar-refractivity contribution >= 4 is 39.1 Å². The van der Waals surface area contributed by atoms with Crippen LogP contribution >= 0.6 is 11.6 Å². The van der Waals surface area contributed by atoms with Gasteiger partial charge in [0.25, 0.3) is 10.0 Å². The summed E-state index contributed by atoms with van der Waals surface area (Å²) in [7, 11) is -4.13. The van der Waals surface area contributed by atoms with Gasteiger partial charge in [-0.25, -0.2) is 8.42 Å². The monoisotopic (exact) mass is 555 g/mol. The number of carbonyl (C=O) groups excluding carboxylic acids is 2. The number of nitrogens with zero attached hydrogens (tertiary/aromatic N) is 2. The molecule has 0 aliphatic heterocycles. The van der Waals surface area contributed by atoms with Gasteiger partial charge in [0.1, 0.15) is 12.6 Å². The van der Waals surface area contributed by atoms with Crippen LogP contribution in [0.25, 0.3) is 0 Å². The summed E-state index contributed by atoms with van der Waals surface area (Å²) in [6, 6.07) is 21.2. The van der Waals surface area contributed by atoms with E-state index in [2.05, 4.69) is 5.32 Å². The van der Waals surface area contributed by atoms with Crippen LogP contribution in [0.4, 0.5) is 5.69 Å². The summed E-state index contributed by atoms with van der Waals surface area (Å²) in [5, 5.41) is 3.33. The van der Waals surface area contributed by atoms with Crippen LogP contribution in [0.5, 0.6) is 0 Å². The zero-order valence-electron chi connectivity index (χ0n) is 22.1. The molecule has 9 heteroatoms. The standard InChI is InChI=1S/C29H34ClN3O4S/c1-5-22(3)31-29(35)23(4)32(19-24-11-7-6-8-12-24)28(34)20-33(26-13-9-10-21(2)18-26)38(36,37)27-16-14-25(30)15-17-27/h6-18,22-23H,5,19-20H2,1-4H3,(H,31,35)/t22-,23-/m1/s1. The molecular formula is C29H34ClN3O4S. The van der Waals surface area contributed by atoms with Gasteiger partial charge in [-0.2, -0.15) is 0 Å². The molecule has 3 aromatic rings. The molecule has 0 spiro atoms. The quantitative estimate of drug-likeness (QED) is 0.353. The Morgan fingerprint density at radius 3 is 2.21 bits per heavy atom. The summed E-state index contributed by atoms with van der Waals surface area (Å²) in [5.41, 5.74) is 2.02. The lowest BCUT2D eigenvalue weighted by molar-refractivity contribution is -0.139. The largest absolute Gasteiger partial charge is 0.352 e. The number of halogens is 1. The minimum atomic E-state index is -4.13. The highest BCUT2D eigenvalue weighted by atomic mass is 35.5. The Bertz CT molecular complexity index is 1350. The number of hydrogen-bond acceptors (Lipinski definition) is 4. The van der Waals surface area contributed by atoms with Crippen molar-refractivity contribution in [2.75, 3.05) is 10.8 Å². The third-order valence-corrected chi connectivity index (χ3v) is 8.37. The molecule has 3 rings (SSSR count). The van der Waals surface area contributed by atoms with E-state index < -0.39 is 28.5 Å². The van der Waals surface area contributed by atoms with Gasteiger partial charge in [-0.05, 0) is 74.7 Å². The van der Waals surface area contributed by atoms with Crippen molar-refractivity contribution in [2.45, 2.75) is 57.6 Å². The Labute approximate surface area is 230 Å². The molecule has 0 radical (unpaired) electrons. The summed E-state index contributed by atoms with van der Waals surface area (Å²) >= 11 is 5.99. The highest BCUT2D eigenvalue weighted by Gasteiger charge is 2.32. The maximum Gasteiger partial charge on any atom is 0.264 e. The number of aryl methyl sites for hydroxylation is 1. The minimum Gasteiger partial charge on any atom is -0.352 e. The molecule has 2 amide bonds. The average Bonchev–Trinajstić information content (AvgIpc) is 2.90. The minimum absolute atomic E-state index is 0.00776. The van der Waals surface area contributed by atoms with E-state index in [9.17, 15) is 18.0 Å². The number of hydrogen-bond donors (Lipinski definition) is 1. The fourth-order valence-corrected chi connectivity index (χ4v) is 5.41. The zero-order valence-corrected chi connectivity index (χ0v) is 23.7. The van der Waals surface area contributed by atoms with E-state index in [1.165, 1.54) is 29.2 Å². The number of rotatable bonds is 11. The zero-order chi connectivity index (χ0) is 27.9. The van der Waals surface area contributed by atoms with Crippen LogP contribution in [0.15, 0.2) is 83.8 Å². The second kappa shape index (κ2) is 12.9. The van der Waals surface area contributed by atoms with Crippen molar-refractivity contribution in [3.63, 3.8) is 0 Å². The first-order valence-electron chi connectivity index (χ1n) is 12.5. The molecular weight excluding hydrogens is 522 g/mol. The molecule has 0 fully saturated rings. The topological polar surface area (TPSA) is 86.8 Å². The van der Waals surface area contributed by atoms with Gasteiger partial charge in [0.2, 0.25) is 11.8 Å². The highest BCUT2D eigenvalue weighted by Crippen LogP contribution is 2.26. The predicted molar refractivity (Wildman–Crippen MR) is 152 cm³/mol. The molecule has 3 aromatic carbocycles. The molecule has 0 saturated carbocycles. The summed E-state index contributed by atoms with van der Waals surface area (Å²) < 4.78 is 28.7. The van der Waals surface area contributed by atoms with Crippen LogP contribution in [-0.2, 0) is 26.2 Å². The maximum atomic E-state index is 13.9. The summed E-state index contributed by atoms with van der Waals surface area (Å²) in [6.45, 7) is 7.03. The number of amides is 2. The smallest absolute Gasteiger partial charge is 0.264 e. The number of anilines is 1. The van der Waals surface area contributed by atoms with Crippen LogP contribution < -0.4 is 9.62 Å². The number of benzene rings is 3. The molecule has 7 nitrogen and oxygen atoms in total. The third-order valence-electron chi connectivity index (χ3n) is 6.33. The molecule has 1 N–H and O–H groups in total. The van der Waals surface area contributed by atoms with Gasteiger partial charge < -0.3 is 10.2 Å². The molecule has 0 bridgehead atoms. The Hall–Kier alpha value is -3.36. The predicted octanol–water partition coefficient (Wildman–Crippen LogP) is 5.18. The van der Waals surface area contributed by atoms with Crippen LogP contribution in [-0.4, -0.2) is 43.8 Å². The lowest BCUT2D eigenvalue weighted by Crippen LogP contribution is -2.52. The Balaban J connectivity index is 2.01. The Morgan fingerprint density at radius 1 is 0.947 bits per heavy atom. The van der Waals surface area contributed by atoms with Gasteiger partial charge in [-0.15, -0.1) is 0 Å². The van der Waals surface area contributed by atoms with Crippen LogP contribution in [0.3, 0.4) is 0 Å². The molecule has 0 aliphatic rings. The molecule has 0 aliphatic carbocycles. The van der Waals surface area contributed by atoms with E-state index in [1.807, 2.05) is 57.2 Å². The lowest BCUT2D eigenvalue weighted by atomic mass is 10.1. The van der Waals surface area contributed by atoms with Crippen molar-refractivity contribution in [2.24, 2.45) is 0 Å². The summed E-state index contributed by atoms with van der Waals surface area (Å²) in [5.74, 6) is -0.800.